The van der Waals surface area contributed by atoms with Crippen LogP contribution in [0, 0.1) is 0 Å². The third-order valence-electron chi connectivity index (χ3n) is 2.46. The van der Waals surface area contributed by atoms with Gasteiger partial charge in [-0.3, -0.25) is 9.79 Å². The normalized spacial score (nSPS) is 15.2. The highest BCUT2D eigenvalue weighted by Crippen LogP contribution is 2.02. The van der Waals surface area contributed by atoms with Crippen LogP contribution in [0.15, 0.2) is 4.99 Å². The first kappa shape index (κ1) is 18.6. The fourth-order valence-electron chi connectivity index (χ4n) is 1.31. The Kier molecular flexibility index (Phi) is 9.69. The Morgan fingerprint density at radius 3 is 2.50 bits per heavy atom. The van der Waals surface area contributed by atoms with Crippen molar-refractivity contribution >= 4 is 11.9 Å². The highest BCUT2D eigenvalue weighted by atomic mass is 16.6. The van der Waals surface area contributed by atoms with Crippen LogP contribution in [0.25, 0.3) is 0 Å². The number of nitrogens with zero attached hydrogens (tertiary/aromatic N) is 1. The van der Waals surface area contributed by atoms with E-state index in [9.17, 15) is 4.79 Å². The van der Waals surface area contributed by atoms with E-state index in [0.29, 0.717) is 19.4 Å². The number of rotatable bonds is 10. The SMILES string of the molecule is CC(CO)OCC(C)OC(=O)C(N)CCCN=C(N)N. The Morgan fingerprint density at radius 2 is 1.95 bits per heavy atom. The first-order valence-electron chi connectivity index (χ1n) is 6.60. The summed E-state index contributed by atoms with van der Waals surface area (Å²) in [5.41, 5.74) is 16.1. The van der Waals surface area contributed by atoms with Crippen molar-refractivity contribution in [1.29, 1.82) is 0 Å². The van der Waals surface area contributed by atoms with E-state index in [4.69, 9.17) is 31.8 Å². The molecule has 0 spiro atoms. The van der Waals surface area contributed by atoms with Crippen LogP contribution < -0.4 is 17.2 Å². The van der Waals surface area contributed by atoms with Gasteiger partial charge in [-0.15, -0.1) is 0 Å². The van der Waals surface area contributed by atoms with Gasteiger partial charge in [-0.05, 0) is 26.7 Å². The summed E-state index contributed by atoms with van der Waals surface area (Å²) >= 11 is 0. The first-order valence-corrected chi connectivity index (χ1v) is 6.60. The van der Waals surface area contributed by atoms with Crippen LogP contribution in [0.3, 0.4) is 0 Å². The van der Waals surface area contributed by atoms with Crippen LogP contribution in [0.1, 0.15) is 26.7 Å². The van der Waals surface area contributed by atoms with Gasteiger partial charge in [-0.25, -0.2) is 0 Å². The maximum absolute atomic E-state index is 11.7. The number of hydrogen-bond donors (Lipinski definition) is 4. The zero-order valence-corrected chi connectivity index (χ0v) is 12.1. The number of hydrogen-bond acceptors (Lipinski definition) is 6. The molecule has 7 N–H and O–H groups in total. The molecule has 0 amide bonds. The number of aliphatic imine (C=N–C) groups is 1. The summed E-state index contributed by atoms with van der Waals surface area (Å²) in [6.45, 7) is 3.99. The zero-order valence-electron chi connectivity index (χ0n) is 12.1. The minimum Gasteiger partial charge on any atom is -0.459 e. The number of esters is 1. The third kappa shape index (κ3) is 9.54. The fourth-order valence-corrected chi connectivity index (χ4v) is 1.31. The number of aliphatic hydroxyl groups excluding tert-OH is 1. The minimum atomic E-state index is -0.707. The summed E-state index contributed by atoms with van der Waals surface area (Å²) in [5, 5.41) is 8.80. The quantitative estimate of drug-likeness (QED) is 0.169. The van der Waals surface area contributed by atoms with E-state index in [2.05, 4.69) is 4.99 Å². The Labute approximate surface area is 119 Å². The Hall–Kier alpha value is -1.38. The highest BCUT2D eigenvalue weighted by Gasteiger charge is 2.18. The van der Waals surface area contributed by atoms with Gasteiger partial charge >= 0.3 is 5.97 Å². The summed E-state index contributed by atoms with van der Waals surface area (Å²) < 4.78 is 10.4. The lowest BCUT2D eigenvalue weighted by Gasteiger charge is -2.18. The second-order valence-electron chi connectivity index (χ2n) is 4.63. The molecule has 0 aliphatic carbocycles. The molecule has 0 aliphatic heterocycles. The van der Waals surface area contributed by atoms with Crippen molar-refractivity contribution in [2.45, 2.75) is 44.9 Å². The molecule has 0 radical (unpaired) electrons. The average Bonchev–Trinajstić information content (AvgIpc) is 2.40. The number of guanidine groups is 1. The standard InChI is InChI=1S/C12H26N4O4/c1-8(6-17)19-7-9(2)20-11(18)10(13)4-3-5-16-12(14)15/h8-10,17H,3-7,13H2,1-2H3,(H4,14,15,16). The lowest BCUT2D eigenvalue weighted by molar-refractivity contribution is -0.154. The van der Waals surface area contributed by atoms with Crippen LogP contribution in [-0.2, 0) is 14.3 Å². The van der Waals surface area contributed by atoms with Gasteiger partial charge in [0.05, 0.1) is 19.3 Å². The van der Waals surface area contributed by atoms with Gasteiger partial charge in [-0.1, -0.05) is 0 Å². The number of carbonyl (C=O) groups excluding carboxylic acids is 1. The summed E-state index contributed by atoms with van der Waals surface area (Å²) in [7, 11) is 0. The molecular formula is C12H26N4O4. The Morgan fingerprint density at radius 1 is 1.30 bits per heavy atom. The van der Waals surface area contributed by atoms with E-state index in [1.165, 1.54) is 0 Å². The lowest BCUT2D eigenvalue weighted by Crippen LogP contribution is -2.36. The van der Waals surface area contributed by atoms with Crippen LogP contribution in [-0.4, -0.2) is 55.0 Å². The predicted octanol–water partition coefficient (Wildman–Crippen LogP) is -1.30. The summed E-state index contributed by atoms with van der Waals surface area (Å²) in [6, 6.07) is -0.707. The van der Waals surface area contributed by atoms with Gasteiger partial charge in [0.15, 0.2) is 5.96 Å². The van der Waals surface area contributed by atoms with Crippen LogP contribution in [0.5, 0.6) is 0 Å². The van der Waals surface area contributed by atoms with Crippen molar-refractivity contribution < 1.29 is 19.4 Å². The van der Waals surface area contributed by atoms with Gasteiger partial charge in [0.2, 0.25) is 0 Å². The van der Waals surface area contributed by atoms with E-state index in [-0.39, 0.29) is 25.3 Å². The number of carbonyl (C=O) groups is 1. The van der Waals surface area contributed by atoms with E-state index in [0.717, 1.165) is 0 Å². The maximum atomic E-state index is 11.7. The summed E-state index contributed by atoms with van der Waals surface area (Å²) in [6.07, 6.45) is 0.335. The Balaban J connectivity index is 3.85. The summed E-state index contributed by atoms with van der Waals surface area (Å²) in [4.78, 5) is 15.5. The smallest absolute Gasteiger partial charge is 0.323 e. The molecule has 0 fully saturated rings. The third-order valence-corrected chi connectivity index (χ3v) is 2.46. The molecule has 0 aromatic carbocycles. The van der Waals surface area contributed by atoms with Crippen molar-refractivity contribution in [2.24, 2.45) is 22.2 Å². The molecule has 0 rings (SSSR count). The van der Waals surface area contributed by atoms with Crippen LogP contribution in [0.2, 0.25) is 0 Å². The molecule has 3 unspecified atom stereocenters. The molecule has 20 heavy (non-hydrogen) atoms. The number of aliphatic hydroxyl groups is 1. The molecule has 8 nitrogen and oxygen atoms in total. The molecule has 0 aromatic rings. The van der Waals surface area contributed by atoms with Gasteiger partial charge in [0, 0.05) is 6.54 Å². The minimum absolute atomic E-state index is 0.0184. The topological polar surface area (TPSA) is 146 Å². The fraction of sp³-hybridized carbons (Fsp3) is 0.833. The van der Waals surface area contributed by atoms with Gasteiger partial charge < -0.3 is 31.8 Å². The Bertz CT molecular complexity index is 308. The van der Waals surface area contributed by atoms with Crippen LogP contribution >= 0.6 is 0 Å². The van der Waals surface area contributed by atoms with E-state index in [1.54, 1.807) is 13.8 Å². The highest BCUT2D eigenvalue weighted by molar-refractivity contribution is 5.76. The predicted molar refractivity (Wildman–Crippen MR) is 75.9 cm³/mol. The molecule has 0 bridgehead atoms. The molecule has 8 heteroatoms. The monoisotopic (exact) mass is 290 g/mol. The van der Waals surface area contributed by atoms with Crippen molar-refractivity contribution in [3.8, 4) is 0 Å². The zero-order chi connectivity index (χ0) is 15.5. The maximum Gasteiger partial charge on any atom is 0.323 e. The molecule has 0 saturated carbocycles. The molecular weight excluding hydrogens is 264 g/mol. The second kappa shape index (κ2) is 10.4. The van der Waals surface area contributed by atoms with E-state index in [1.807, 2.05) is 0 Å². The van der Waals surface area contributed by atoms with Gasteiger partial charge in [0.25, 0.3) is 0 Å². The van der Waals surface area contributed by atoms with E-state index >= 15 is 0 Å². The van der Waals surface area contributed by atoms with Crippen molar-refractivity contribution in [3.63, 3.8) is 0 Å². The molecule has 3 atom stereocenters. The largest absolute Gasteiger partial charge is 0.459 e. The average molecular weight is 290 g/mol. The molecule has 0 saturated heterocycles. The molecule has 0 heterocycles. The van der Waals surface area contributed by atoms with Crippen molar-refractivity contribution in [2.75, 3.05) is 19.8 Å². The van der Waals surface area contributed by atoms with Gasteiger partial charge in [-0.2, -0.15) is 0 Å². The summed E-state index contributed by atoms with van der Waals surface area (Å²) in [5.74, 6) is -0.465. The second-order valence-corrected chi connectivity index (χ2v) is 4.63. The number of ether oxygens (including phenoxy) is 2. The van der Waals surface area contributed by atoms with Crippen molar-refractivity contribution in [3.05, 3.63) is 0 Å². The van der Waals surface area contributed by atoms with Gasteiger partial charge in [0.1, 0.15) is 12.1 Å². The van der Waals surface area contributed by atoms with E-state index < -0.39 is 18.1 Å². The van der Waals surface area contributed by atoms with Crippen molar-refractivity contribution in [1.82, 2.24) is 0 Å². The lowest BCUT2D eigenvalue weighted by atomic mass is 10.2. The molecule has 118 valence electrons. The molecule has 0 aliphatic rings. The first-order chi connectivity index (χ1) is 9.36. The number of nitrogens with two attached hydrogens (primary N) is 3. The van der Waals surface area contributed by atoms with Crippen LogP contribution in [0.4, 0.5) is 0 Å². The molecule has 0 aromatic heterocycles.